The molecule has 3 rings (SSSR count). The lowest BCUT2D eigenvalue weighted by atomic mass is 9.93. The Kier molecular flexibility index (Phi) is 6.55. The van der Waals surface area contributed by atoms with Gasteiger partial charge in [-0.15, -0.1) is 11.3 Å². The van der Waals surface area contributed by atoms with Gasteiger partial charge < -0.3 is 5.11 Å². The summed E-state index contributed by atoms with van der Waals surface area (Å²) in [4.78, 5) is 30.0. The fourth-order valence-corrected chi connectivity index (χ4v) is 5.07. The first kappa shape index (κ1) is 21.7. The molecule has 0 radical (unpaired) electrons. The van der Waals surface area contributed by atoms with Crippen molar-refractivity contribution >= 4 is 57.6 Å². The minimum atomic E-state index is -0.874. The number of nitrogens with zero attached hydrogens (tertiary/aromatic N) is 2. The van der Waals surface area contributed by atoms with Gasteiger partial charge in [0.15, 0.2) is 0 Å². The number of hydrogen-bond acceptors (Lipinski definition) is 6. The van der Waals surface area contributed by atoms with Crippen molar-refractivity contribution in [1.82, 2.24) is 9.88 Å². The van der Waals surface area contributed by atoms with Crippen molar-refractivity contribution in [2.24, 2.45) is 0 Å². The monoisotopic (exact) mass is 446 g/mol. The van der Waals surface area contributed by atoms with Gasteiger partial charge in [0, 0.05) is 29.3 Å². The van der Waals surface area contributed by atoms with E-state index in [1.807, 2.05) is 30.3 Å². The van der Waals surface area contributed by atoms with E-state index in [2.05, 4.69) is 26.2 Å². The zero-order valence-corrected chi connectivity index (χ0v) is 18.9. The second-order valence-electron chi connectivity index (χ2n) is 7.74. The second-order valence-corrected chi connectivity index (χ2v) is 10.3. The number of carbonyl (C=O) groups excluding carboxylic acids is 1. The Morgan fingerprint density at radius 1 is 1.28 bits per heavy atom. The molecule has 2 heterocycles. The molecule has 1 aliphatic rings. The summed E-state index contributed by atoms with van der Waals surface area (Å²) in [5, 5.41) is 11.8. The Bertz CT molecular complexity index is 972. The average molecular weight is 447 g/mol. The first-order valence-corrected chi connectivity index (χ1v) is 11.3. The number of carbonyl (C=O) groups is 2. The zero-order valence-electron chi connectivity index (χ0n) is 16.5. The molecule has 0 atom stereocenters. The molecule has 8 heteroatoms. The van der Waals surface area contributed by atoms with Gasteiger partial charge in [0.25, 0.3) is 5.91 Å². The van der Waals surface area contributed by atoms with Crippen LogP contribution in [0.5, 0.6) is 0 Å². The van der Waals surface area contributed by atoms with E-state index in [-0.39, 0.29) is 17.7 Å². The van der Waals surface area contributed by atoms with E-state index in [9.17, 15) is 9.59 Å². The third-order valence-corrected chi connectivity index (χ3v) is 6.64. The van der Waals surface area contributed by atoms with Gasteiger partial charge in [-0.25, -0.2) is 4.98 Å². The molecule has 0 unspecified atom stereocenters. The maximum Gasteiger partial charge on any atom is 0.303 e. The van der Waals surface area contributed by atoms with Crippen LogP contribution in [0.15, 0.2) is 34.6 Å². The fraction of sp³-hybridized carbons (Fsp3) is 0.333. The van der Waals surface area contributed by atoms with Crippen molar-refractivity contribution in [2.45, 2.75) is 39.0 Å². The number of thioether (sulfide) groups is 1. The van der Waals surface area contributed by atoms with Crippen LogP contribution in [0.25, 0.3) is 16.6 Å². The molecular weight excluding hydrogens is 424 g/mol. The van der Waals surface area contributed by atoms with E-state index < -0.39 is 5.97 Å². The van der Waals surface area contributed by atoms with Crippen LogP contribution >= 0.6 is 35.3 Å². The lowest BCUT2D eigenvalue weighted by Crippen LogP contribution is -2.29. The number of carboxylic acid groups (broad SMARTS) is 1. The van der Waals surface area contributed by atoms with Gasteiger partial charge in [0.2, 0.25) is 0 Å². The summed E-state index contributed by atoms with van der Waals surface area (Å²) in [6.45, 7) is 6.76. The number of amides is 1. The molecule has 5 nitrogen and oxygen atoms in total. The number of aromatic nitrogens is 1. The van der Waals surface area contributed by atoms with E-state index in [0.29, 0.717) is 22.2 Å². The maximum absolute atomic E-state index is 12.6. The van der Waals surface area contributed by atoms with Crippen molar-refractivity contribution < 1.29 is 14.7 Å². The molecule has 0 aliphatic carbocycles. The predicted octanol–water partition coefficient (Wildman–Crippen LogP) is 5.17. The number of thiocarbonyl (C=S) groups is 1. The van der Waals surface area contributed by atoms with Crippen LogP contribution in [0.4, 0.5) is 0 Å². The summed E-state index contributed by atoms with van der Waals surface area (Å²) < 4.78 is 0.473. The summed E-state index contributed by atoms with van der Waals surface area (Å²) in [6, 6.07) is 7.93. The van der Waals surface area contributed by atoms with Crippen LogP contribution in [0, 0.1) is 0 Å². The van der Waals surface area contributed by atoms with Crippen LogP contribution in [0.2, 0.25) is 0 Å². The smallest absolute Gasteiger partial charge is 0.303 e. The molecule has 0 saturated carbocycles. The standard InChI is InChI=1S/C21H22N2O3S3/c1-21(2,3)16-12-28-18(22-16)14-8-6-13(7-9-14)11-15-19(26)23(20(27)29-15)10-4-5-17(24)25/h6-9,11-12H,4-5,10H2,1-3H3,(H,24,25). The summed E-state index contributed by atoms with van der Waals surface area (Å²) in [5.41, 5.74) is 3.05. The molecule has 1 aromatic carbocycles. The Morgan fingerprint density at radius 2 is 1.97 bits per heavy atom. The molecule has 0 bridgehead atoms. The van der Waals surface area contributed by atoms with Crippen LogP contribution in [0.3, 0.4) is 0 Å². The van der Waals surface area contributed by atoms with Crippen molar-refractivity contribution in [3.05, 3.63) is 45.8 Å². The van der Waals surface area contributed by atoms with Crippen molar-refractivity contribution in [3.8, 4) is 10.6 Å². The summed E-state index contributed by atoms with van der Waals surface area (Å²) >= 11 is 8.16. The Labute approximate surface area is 183 Å². The largest absolute Gasteiger partial charge is 0.481 e. The van der Waals surface area contributed by atoms with Gasteiger partial charge in [0.05, 0.1) is 10.6 Å². The first-order valence-electron chi connectivity index (χ1n) is 9.19. The number of benzene rings is 1. The van der Waals surface area contributed by atoms with Crippen LogP contribution < -0.4 is 0 Å². The van der Waals surface area contributed by atoms with E-state index >= 15 is 0 Å². The molecular formula is C21H22N2O3S3. The van der Waals surface area contributed by atoms with Crippen LogP contribution in [-0.4, -0.2) is 37.7 Å². The molecule has 152 valence electrons. The molecule has 2 aromatic rings. The van der Waals surface area contributed by atoms with Gasteiger partial charge in [0.1, 0.15) is 9.33 Å². The summed E-state index contributed by atoms with van der Waals surface area (Å²) in [5.74, 6) is -1.04. The number of aliphatic carboxylic acids is 1. The molecule has 1 fully saturated rings. The lowest BCUT2D eigenvalue weighted by Gasteiger charge is -2.14. The highest BCUT2D eigenvalue weighted by Crippen LogP contribution is 2.34. The van der Waals surface area contributed by atoms with Gasteiger partial charge >= 0.3 is 5.97 Å². The highest BCUT2D eigenvalue weighted by molar-refractivity contribution is 8.26. The summed E-state index contributed by atoms with van der Waals surface area (Å²) in [6.07, 6.45) is 2.22. The second kappa shape index (κ2) is 8.77. The van der Waals surface area contributed by atoms with E-state index in [1.165, 1.54) is 16.7 Å². The number of thiazole rings is 1. The Morgan fingerprint density at radius 3 is 2.55 bits per heavy atom. The molecule has 1 N–H and O–H groups in total. The molecule has 1 amide bonds. The molecule has 1 aliphatic heterocycles. The molecule has 1 aromatic heterocycles. The SMILES string of the molecule is CC(C)(C)c1csc(-c2ccc(C=C3SC(=S)N(CCCC(=O)O)C3=O)cc2)n1. The van der Waals surface area contributed by atoms with Crippen molar-refractivity contribution in [2.75, 3.05) is 6.54 Å². The van der Waals surface area contributed by atoms with E-state index in [4.69, 9.17) is 22.3 Å². The van der Waals surface area contributed by atoms with Gasteiger partial charge in [-0.05, 0) is 18.1 Å². The van der Waals surface area contributed by atoms with E-state index in [1.54, 1.807) is 11.3 Å². The minimum Gasteiger partial charge on any atom is -0.481 e. The molecule has 29 heavy (non-hydrogen) atoms. The van der Waals surface area contributed by atoms with E-state index in [0.717, 1.165) is 21.8 Å². The van der Waals surface area contributed by atoms with Gasteiger partial charge in [-0.1, -0.05) is 69.0 Å². The average Bonchev–Trinajstić information content (AvgIpc) is 3.23. The topological polar surface area (TPSA) is 70.5 Å². The van der Waals surface area contributed by atoms with Crippen molar-refractivity contribution in [1.29, 1.82) is 0 Å². The number of rotatable bonds is 6. The molecule has 0 spiro atoms. The quantitative estimate of drug-likeness (QED) is 0.487. The Hall–Kier alpha value is -2.03. The summed E-state index contributed by atoms with van der Waals surface area (Å²) in [7, 11) is 0. The number of hydrogen-bond donors (Lipinski definition) is 1. The first-order chi connectivity index (χ1) is 13.6. The van der Waals surface area contributed by atoms with Crippen molar-refractivity contribution in [3.63, 3.8) is 0 Å². The fourth-order valence-electron chi connectivity index (χ4n) is 2.71. The third kappa shape index (κ3) is 5.32. The van der Waals surface area contributed by atoms with Gasteiger partial charge in [-0.2, -0.15) is 0 Å². The zero-order chi connectivity index (χ0) is 21.2. The normalized spacial score (nSPS) is 16.1. The maximum atomic E-state index is 12.6. The highest BCUT2D eigenvalue weighted by atomic mass is 32.2. The minimum absolute atomic E-state index is 0.0191. The lowest BCUT2D eigenvalue weighted by molar-refractivity contribution is -0.137. The predicted molar refractivity (Wildman–Crippen MR) is 123 cm³/mol. The highest BCUT2D eigenvalue weighted by Gasteiger charge is 2.31. The van der Waals surface area contributed by atoms with Crippen LogP contribution in [-0.2, 0) is 15.0 Å². The molecule has 1 saturated heterocycles. The third-order valence-electron chi connectivity index (χ3n) is 4.37. The number of carboxylic acids is 1. The Balaban J connectivity index is 1.71. The van der Waals surface area contributed by atoms with Crippen LogP contribution in [0.1, 0.15) is 44.9 Å². The van der Waals surface area contributed by atoms with Gasteiger partial charge in [-0.3, -0.25) is 14.5 Å².